The second-order valence-corrected chi connectivity index (χ2v) is 12.0. The fourth-order valence-electron chi connectivity index (χ4n) is 4.62. The average Bonchev–Trinajstić information content (AvgIpc) is 2.92. The number of esters is 1. The molecule has 1 aromatic heterocycles. The molecule has 218 valence electrons. The number of fused-ring (bicyclic) bond motifs is 1. The predicted octanol–water partition coefficient (Wildman–Crippen LogP) is 6.75. The second kappa shape index (κ2) is 13.7. The minimum atomic E-state index is -0.938. The number of hydrogen-bond acceptors (Lipinski definition) is 6. The molecular formula is C32H37Cl2N3O4. The summed E-state index contributed by atoms with van der Waals surface area (Å²) in [6.07, 6.45) is 3.05. The van der Waals surface area contributed by atoms with Crippen LogP contribution in [-0.4, -0.2) is 41.7 Å². The van der Waals surface area contributed by atoms with Gasteiger partial charge in [0.25, 0.3) is 5.91 Å². The van der Waals surface area contributed by atoms with Gasteiger partial charge in [-0.3, -0.25) is 4.79 Å². The highest BCUT2D eigenvalue weighted by Crippen LogP contribution is 2.25. The SMILES string of the molecule is CC(OCCc1ccc2c(n1)NCCC2)c1ccc(C[C@H](NC(=O)c2c(Cl)cccc2Cl)C(=O)OC(C)(C)C)cc1. The van der Waals surface area contributed by atoms with E-state index in [1.807, 2.05) is 31.2 Å². The number of amides is 1. The highest BCUT2D eigenvalue weighted by Gasteiger charge is 2.28. The quantitative estimate of drug-likeness (QED) is 0.251. The zero-order valence-corrected chi connectivity index (χ0v) is 25.4. The first kappa shape index (κ1) is 30.8. The van der Waals surface area contributed by atoms with Crippen molar-refractivity contribution in [3.63, 3.8) is 0 Å². The normalized spacial score (nSPS) is 14.4. The van der Waals surface area contributed by atoms with Crippen LogP contribution in [0.2, 0.25) is 10.0 Å². The van der Waals surface area contributed by atoms with Crippen molar-refractivity contribution < 1.29 is 19.1 Å². The lowest BCUT2D eigenvalue weighted by molar-refractivity contribution is -0.157. The number of aromatic nitrogens is 1. The summed E-state index contributed by atoms with van der Waals surface area (Å²) in [5, 5.41) is 6.55. The van der Waals surface area contributed by atoms with Gasteiger partial charge in [-0.1, -0.05) is 59.6 Å². The molecule has 1 aliphatic heterocycles. The first-order valence-corrected chi connectivity index (χ1v) is 14.7. The summed E-state index contributed by atoms with van der Waals surface area (Å²) in [6.45, 7) is 8.87. The van der Waals surface area contributed by atoms with E-state index in [0.29, 0.717) is 6.61 Å². The fourth-order valence-corrected chi connectivity index (χ4v) is 5.19. The number of aryl methyl sites for hydroxylation is 1. The maximum atomic E-state index is 13.1. The van der Waals surface area contributed by atoms with Crippen molar-refractivity contribution in [2.24, 2.45) is 0 Å². The third-order valence-corrected chi connectivity index (χ3v) is 7.38. The summed E-state index contributed by atoms with van der Waals surface area (Å²) in [5.74, 6) is -0.0895. The number of carbonyl (C=O) groups is 2. The van der Waals surface area contributed by atoms with E-state index in [4.69, 9.17) is 37.7 Å². The standard InChI is InChI=1S/C32H37Cl2N3O4/c1-20(40-18-16-24-15-14-23-7-6-17-35-29(23)36-24)22-12-10-21(11-13-22)19-27(31(39)41-32(2,3)4)37-30(38)28-25(33)8-5-9-26(28)34/h5,8-15,20,27H,6-7,16-19H2,1-4H3,(H,35,36)(H,37,38)/t20?,27-/m0/s1. The van der Waals surface area contributed by atoms with Crippen LogP contribution in [-0.2, 0) is 33.5 Å². The summed E-state index contributed by atoms with van der Waals surface area (Å²) in [6, 6.07) is 15.9. The second-order valence-electron chi connectivity index (χ2n) is 11.2. The summed E-state index contributed by atoms with van der Waals surface area (Å²) in [5.41, 5.74) is 3.55. The maximum absolute atomic E-state index is 13.1. The zero-order chi connectivity index (χ0) is 29.6. The Morgan fingerprint density at radius 2 is 1.76 bits per heavy atom. The van der Waals surface area contributed by atoms with Crippen LogP contribution in [0.4, 0.5) is 5.82 Å². The Bertz CT molecular complexity index is 1350. The van der Waals surface area contributed by atoms with E-state index < -0.39 is 23.5 Å². The highest BCUT2D eigenvalue weighted by atomic mass is 35.5. The summed E-state index contributed by atoms with van der Waals surface area (Å²) < 4.78 is 11.7. The minimum absolute atomic E-state index is 0.118. The smallest absolute Gasteiger partial charge is 0.329 e. The van der Waals surface area contributed by atoms with Gasteiger partial charge in [0, 0.05) is 25.1 Å². The molecular weight excluding hydrogens is 561 g/mol. The number of benzene rings is 2. The van der Waals surface area contributed by atoms with Gasteiger partial charge in [-0.05, 0) is 75.4 Å². The van der Waals surface area contributed by atoms with Crippen LogP contribution >= 0.6 is 23.2 Å². The molecule has 1 amide bonds. The number of nitrogens with zero attached hydrogens (tertiary/aromatic N) is 1. The van der Waals surface area contributed by atoms with Crippen LogP contribution in [0, 0.1) is 0 Å². The lowest BCUT2D eigenvalue weighted by Crippen LogP contribution is -2.45. The Morgan fingerprint density at radius 1 is 1.05 bits per heavy atom. The van der Waals surface area contributed by atoms with Crippen LogP contribution in [0.25, 0.3) is 0 Å². The summed E-state index contributed by atoms with van der Waals surface area (Å²) in [4.78, 5) is 30.9. The maximum Gasteiger partial charge on any atom is 0.329 e. The number of nitrogens with one attached hydrogen (secondary N) is 2. The van der Waals surface area contributed by atoms with Crippen molar-refractivity contribution in [1.82, 2.24) is 10.3 Å². The molecule has 7 nitrogen and oxygen atoms in total. The van der Waals surface area contributed by atoms with E-state index >= 15 is 0 Å². The first-order chi connectivity index (χ1) is 19.5. The molecule has 0 fully saturated rings. The van der Waals surface area contributed by atoms with Crippen LogP contribution in [0.15, 0.2) is 54.6 Å². The van der Waals surface area contributed by atoms with Crippen LogP contribution in [0.1, 0.15) is 73.0 Å². The van der Waals surface area contributed by atoms with Gasteiger partial charge in [0.1, 0.15) is 17.5 Å². The molecule has 41 heavy (non-hydrogen) atoms. The molecule has 1 aliphatic rings. The lowest BCUT2D eigenvalue weighted by atomic mass is 10.0. The molecule has 1 unspecified atom stereocenters. The monoisotopic (exact) mass is 597 g/mol. The van der Waals surface area contributed by atoms with Crippen molar-refractivity contribution in [3.8, 4) is 0 Å². The van der Waals surface area contributed by atoms with E-state index in [2.05, 4.69) is 22.8 Å². The molecule has 4 rings (SSSR count). The molecule has 2 atom stereocenters. The van der Waals surface area contributed by atoms with Crippen molar-refractivity contribution in [2.75, 3.05) is 18.5 Å². The number of rotatable bonds is 10. The topological polar surface area (TPSA) is 89.5 Å². The molecule has 0 saturated carbocycles. The lowest BCUT2D eigenvalue weighted by Gasteiger charge is -2.25. The van der Waals surface area contributed by atoms with Crippen molar-refractivity contribution in [3.05, 3.63) is 92.6 Å². The Hall–Kier alpha value is -3.13. The number of hydrogen-bond donors (Lipinski definition) is 2. The summed E-state index contributed by atoms with van der Waals surface area (Å²) in [7, 11) is 0. The Kier molecular flexibility index (Phi) is 10.3. The van der Waals surface area contributed by atoms with Gasteiger partial charge in [0.05, 0.1) is 28.3 Å². The third kappa shape index (κ3) is 8.68. The molecule has 9 heteroatoms. The van der Waals surface area contributed by atoms with Crippen LogP contribution < -0.4 is 10.6 Å². The number of ether oxygens (including phenoxy) is 2. The molecule has 0 aliphatic carbocycles. The van der Waals surface area contributed by atoms with Gasteiger partial charge in [0.2, 0.25) is 0 Å². The Morgan fingerprint density at radius 3 is 2.44 bits per heavy atom. The summed E-state index contributed by atoms with van der Waals surface area (Å²) >= 11 is 12.4. The number of pyridine rings is 1. The van der Waals surface area contributed by atoms with Crippen molar-refractivity contribution in [2.45, 2.75) is 71.1 Å². The van der Waals surface area contributed by atoms with Crippen LogP contribution in [0.5, 0.6) is 0 Å². The number of anilines is 1. The van der Waals surface area contributed by atoms with E-state index in [-0.39, 0.29) is 28.1 Å². The minimum Gasteiger partial charge on any atom is -0.458 e. The average molecular weight is 599 g/mol. The third-order valence-electron chi connectivity index (χ3n) is 6.75. The molecule has 2 heterocycles. The molecule has 2 N–H and O–H groups in total. The number of halogens is 2. The molecule has 3 aromatic rings. The molecule has 0 bridgehead atoms. The van der Waals surface area contributed by atoms with Gasteiger partial charge in [-0.2, -0.15) is 0 Å². The number of carbonyl (C=O) groups excluding carboxylic acids is 2. The van der Waals surface area contributed by atoms with Crippen molar-refractivity contribution >= 4 is 40.9 Å². The zero-order valence-electron chi connectivity index (χ0n) is 23.9. The molecule has 2 aromatic carbocycles. The van der Waals surface area contributed by atoms with Gasteiger partial charge < -0.3 is 20.1 Å². The van der Waals surface area contributed by atoms with Gasteiger partial charge >= 0.3 is 5.97 Å². The Balaban J connectivity index is 1.38. The van der Waals surface area contributed by atoms with Crippen LogP contribution in [0.3, 0.4) is 0 Å². The first-order valence-electron chi connectivity index (χ1n) is 13.9. The highest BCUT2D eigenvalue weighted by molar-refractivity contribution is 6.39. The van der Waals surface area contributed by atoms with Gasteiger partial charge in [0.15, 0.2) is 0 Å². The Labute approximate surface area is 251 Å². The predicted molar refractivity (Wildman–Crippen MR) is 163 cm³/mol. The molecule has 0 radical (unpaired) electrons. The largest absolute Gasteiger partial charge is 0.458 e. The van der Waals surface area contributed by atoms with Gasteiger partial charge in [-0.25, -0.2) is 9.78 Å². The fraction of sp³-hybridized carbons (Fsp3) is 0.406. The van der Waals surface area contributed by atoms with Gasteiger partial charge in [-0.15, -0.1) is 0 Å². The van der Waals surface area contributed by atoms with Crippen molar-refractivity contribution in [1.29, 1.82) is 0 Å². The van der Waals surface area contributed by atoms with E-state index in [1.165, 1.54) is 5.56 Å². The van der Waals surface area contributed by atoms with E-state index in [1.54, 1.807) is 39.0 Å². The molecule has 0 saturated heterocycles. The van der Waals surface area contributed by atoms with E-state index in [9.17, 15) is 9.59 Å². The van der Waals surface area contributed by atoms with E-state index in [0.717, 1.165) is 48.4 Å². The molecule has 0 spiro atoms.